The predicted octanol–water partition coefficient (Wildman–Crippen LogP) is 3.90. The van der Waals surface area contributed by atoms with Crippen molar-refractivity contribution >= 4 is 28.4 Å². The summed E-state index contributed by atoms with van der Waals surface area (Å²) in [4.78, 5) is 35.9. The number of nitrogens with one attached hydrogen (secondary N) is 1. The summed E-state index contributed by atoms with van der Waals surface area (Å²) in [5.41, 5.74) is 2.16. The van der Waals surface area contributed by atoms with Gasteiger partial charge in [0.15, 0.2) is 0 Å². The molecule has 28 heavy (non-hydrogen) atoms. The van der Waals surface area contributed by atoms with Crippen molar-refractivity contribution in [2.75, 3.05) is 18.4 Å². The van der Waals surface area contributed by atoms with Crippen molar-refractivity contribution in [2.45, 2.75) is 25.7 Å². The van der Waals surface area contributed by atoms with E-state index >= 15 is 0 Å². The van der Waals surface area contributed by atoms with E-state index in [1.54, 1.807) is 12.3 Å². The summed E-state index contributed by atoms with van der Waals surface area (Å²) < 4.78 is 0. The van der Waals surface area contributed by atoms with Crippen LogP contribution in [0.2, 0.25) is 0 Å². The third-order valence-corrected chi connectivity index (χ3v) is 5.02. The molecule has 6 nitrogen and oxygen atoms in total. The van der Waals surface area contributed by atoms with E-state index in [0.717, 1.165) is 49.7 Å². The Bertz CT molecular complexity index is 1000. The first kappa shape index (κ1) is 18.1. The number of hydrogen-bond donors (Lipinski definition) is 1. The molecule has 0 aliphatic carbocycles. The first-order valence-electron chi connectivity index (χ1n) is 9.62. The highest BCUT2D eigenvalue weighted by Crippen LogP contribution is 2.21. The molecular weight excluding hydrogens is 352 g/mol. The Labute approximate surface area is 163 Å². The van der Waals surface area contributed by atoms with Crippen LogP contribution in [0, 0.1) is 0 Å². The third-order valence-electron chi connectivity index (χ3n) is 5.02. The van der Waals surface area contributed by atoms with Crippen LogP contribution in [0.15, 0.2) is 55.0 Å². The fourth-order valence-corrected chi connectivity index (χ4v) is 3.54. The van der Waals surface area contributed by atoms with Crippen LogP contribution < -0.4 is 5.32 Å². The van der Waals surface area contributed by atoms with Gasteiger partial charge in [-0.15, -0.1) is 0 Å². The molecule has 0 bridgehead atoms. The highest BCUT2D eigenvalue weighted by Gasteiger charge is 2.19. The molecular formula is C22H22N4O2. The van der Waals surface area contributed by atoms with Crippen molar-refractivity contribution in [2.24, 2.45) is 0 Å². The lowest BCUT2D eigenvalue weighted by atomic mass is 10.1. The Balaban J connectivity index is 1.55. The zero-order valence-electron chi connectivity index (χ0n) is 15.6. The summed E-state index contributed by atoms with van der Waals surface area (Å²) in [5, 5.41) is 3.84. The van der Waals surface area contributed by atoms with E-state index in [2.05, 4.69) is 15.3 Å². The maximum absolute atomic E-state index is 12.8. The van der Waals surface area contributed by atoms with E-state index in [1.165, 1.54) is 12.4 Å². The number of amides is 2. The maximum atomic E-state index is 12.8. The molecule has 6 heteroatoms. The number of fused-ring (bicyclic) bond motifs is 1. The second-order valence-electron chi connectivity index (χ2n) is 7.00. The van der Waals surface area contributed by atoms with Crippen LogP contribution in [0.1, 0.15) is 46.4 Å². The van der Waals surface area contributed by atoms with E-state index in [9.17, 15) is 9.59 Å². The number of carbonyl (C=O) groups excluding carboxylic acids is 2. The number of pyridine rings is 2. The fraction of sp³-hybridized carbons (Fsp3) is 0.273. The highest BCUT2D eigenvalue weighted by atomic mass is 16.2. The molecule has 0 unspecified atom stereocenters. The predicted molar refractivity (Wildman–Crippen MR) is 108 cm³/mol. The molecule has 1 fully saturated rings. The number of aromatic nitrogens is 2. The zero-order chi connectivity index (χ0) is 19.3. The molecule has 3 heterocycles. The van der Waals surface area contributed by atoms with Crippen molar-refractivity contribution in [3.63, 3.8) is 0 Å². The van der Waals surface area contributed by atoms with Gasteiger partial charge in [-0.1, -0.05) is 31.0 Å². The lowest BCUT2D eigenvalue weighted by molar-refractivity contribution is 0.0761. The minimum Gasteiger partial charge on any atom is -0.339 e. The normalized spacial score (nSPS) is 14.5. The summed E-state index contributed by atoms with van der Waals surface area (Å²) in [7, 11) is 0. The smallest absolute Gasteiger partial charge is 0.257 e. The maximum Gasteiger partial charge on any atom is 0.257 e. The van der Waals surface area contributed by atoms with Gasteiger partial charge in [-0.05, 0) is 31.0 Å². The summed E-state index contributed by atoms with van der Waals surface area (Å²) in [5.74, 6) is -0.368. The first-order chi connectivity index (χ1) is 13.7. The molecule has 1 aromatic carbocycles. The molecule has 4 rings (SSSR count). The number of anilines is 1. The fourth-order valence-electron chi connectivity index (χ4n) is 3.54. The second kappa shape index (κ2) is 8.17. The van der Waals surface area contributed by atoms with E-state index in [4.69, 9.17) is 0 Å². The van der Waals surface area contributed by atoms with E-state index in [0.29, 0.717) is 16.8 Å². The number of rotatable bonds is 3. The minimum atomic E-state index is -0.309. The monoisotopic (exact) mass is 374 g/mol. The number of hydrogen-bond acceptors (Lipinski definition) is 4. The van der Waals surface area contributed by atoms with Gasteiger partial charge in [-0.25, -0.2) is 0 Å². The summed E-state index contributed by atoms with van der Waals surface area (Å²) >= 11 is 0. The van der Waals surface area contributed by atoms with Gasteiger partial charge < -0.3 is 10.2 Å². The molecule has 2 amide bonds. The second-order valence-corrected chi connectivity index (χ2v) is 7.00. The number of para-hydroxylation sites is 1. The van der Waals surface area contributed by atoms with Crippen LogP contribution >= 0.6 is 0 Å². The Morgan fingerprint density at radius 2 is 1.68 bits per heavy atom. The SMILES string of the molecule is O=C(Nc1cccc2cccnc12)c1cncc(C(=O)N2CCCCCC2)c1. The Morgan fingerprint density at radius 3 is 2.50 bits per heavy atom. The standard InChI is InChI=1S/C22H22N4O2/c27-21(25-19-9-5-7-16-8-6-10-24-20(16)19)17-13-18(15-23-14-17)22(28)26-11-3-1-2-4-12-26/h5-10,13-15H,1-4,11-12H2,(H,25,27). The molecule has 3 aromatic rings. The largest absolute Gasteiger partial charge is 0.339 e. The number of nitrogens with zero attached hydrogens (tertiary/aromatic N) is 3. The van der Waals surface area contributed by atoms with Gasteiger partial charge in [0.1, 0.15) is 0 Å². The van der Waals surface area contributed by atoms with Crippen LogP contribution in [0.5, 0.6) is 0 Å². The average molecular weight is 374 g/mol. The molecule has 1 aliphatic rings. The molecule has 0 spiro atoms. The van der Waals surface area contributed by atoms with Crippen LogP contribution in [-0.2, 0) is 0 Å². The van der Waals surface area contributed by atoms with Gasteiger partial charge in [0, 0.05) is 37.1 Å². The van der Waals surface area contributed by atoms with Crippen molar-refractivity contribution in [1.82, 2.24) is 14.9 Å². The van der Waals surface area contributed by atoms with Crippen molar-refractivity contribution in [3.05, 3.63) is 66.1 Å². The van der Waals surface area contributed by atoms with Gasteiger partial charge in [-0.2, -0.15) is 0 Å². The molecule has 1 saturated heterocycles. The summed E-state index contributed by atoms with van der Waals surface area (Å²) in [6.45, 7) is 1.52. The number of carbonyl (C=O) groups is 2. The Hall–Kier alpha value is -3.28. The van der Waals surface area contributed by atoms with Gasteiger partial charge in [0.2, 0.25) is 0 Å². The van der Waals surface area contributed by atoms with E-state index in [1.807, 2.05) is 35.2 Å². The Kier molecular flexibility index (Phi) is 5.28. The van der Waals surface area contributed by atoms with Gasteiger partial charge in [0.05, 0.1) is 22.3 Å². The zero-order valence-corrected chi connectivity index (χ0v) is 15.6. The molecule has 0 radical (unpaired) electrons. The third kappa shape index (κ3) is 3.86. The van der Waals surface area contributed by atoms with E-state index < -0.39 is 0 Å². The molecule has 0 saturated carbocycles. The van der Waals surface area contributed by atoms with Crippen LogP contribution in [0.3, 0.4) is 0 Å². The highest BCUT2D eigenvalue weighted by molar-refractivity contribution is 6.09. The molecule has 1 N–H and O–H groups in total. The molecule has 2 aromatic heterocycles. The number of likely N-dealkylation sites (tertiary alicyclic amines) is 1. The van der Waals surface area contributed by atoms with Gasteiger partial charge in [-0.3, -0.25) is 19.6 Å². The summed E-state index contributed by atoms with van der Waals surface area (Å²) in [6.07, 6.45) is 9.06. The molecule has 0 atom stereocenters. The average Bonchev–Trinajstić information content (AvgIpc) is 3.03. The van der Waals surface area contributed by atoms with Crippen LogP contribution in [0.25, 0.3) is 10.9 Å². The van der Waals surface area contributed by atoms with Crippen LogP contribution in [-0.4, -0.2) is 39.8 Å². The van der Waals surface area contributed by atoms with E-state index in [-0.39, 0.29) is 11.8 Å². The topological polar surface area (TPSA) is 75.2 Å². The lowest BCUT2D eigenvalue weighted by Gasteiger charge is -2.20. The van der Waals surface area contributed by atoms with Crippen molar-refractivity contribution < 1.29 is 9.59 Å². The molecule has 1 aliphatic heterocycles. The Morgan fingerprint density at radius 1 is 0.929 bits per heavy atom. The van der Waals surface area contributed by atoms with Gasteiger partial charge >= 0.3 is 0 Å². The minimum absolute atomic E-state index is 0.0594. The van der Waals surface area contributed by atoms with Crippen LogP contribution in [0.4, 0.5) is 5.69 Å². The quantitative estimate of drug-likeness (QED) is 0.754. The van der Waals surface area contributed by atoms with Gasteiger partial charge in [0.25, 0.3) is 11.8 Å². The molecule has 142 valence electrons. The summed E-state index contributed by atoms with van der Waals surface area (Å²) in [6, 6.07) is 11.0. The first-order valence-corrected chi connectivity index (χ1v) is 9.62. The van der Waals surface area contributed by atoms with Crippen molar-refractivity contribution in [3.8, 4) is 0 Å². The number of benzene rings is 1. The van der Waals surface area contributed by atoms with Crippen molar-refractivity contribution in [1.29, 1.82) is 0 Å². The lowest BCUT2D eigenvalue weighted by Crippen LogP contribution is -2.32.